The average Bonchev–Trinajstić information content (AvgIpc) is 2.76. The fraction of sp³-hybridized carbons (Fsp3) is 0.440. The summed E-state index contributed by atoms with van der Waals surface area (Å²) >= 11 is 12.1. The molecule has 1 saturated heterocycles. The molecule has 164 valence electrons. The molecule has 2 aromatic rings. The molecule has 2 aliphatic rings. The normalized spacial score (nSPS) is 24.5. The highest BCUT2D eigenvalue weighted by atomic mass is 35.5. The van der Waals surface area contributed by atoms with Crippen molar-refractivity contribution in [3.8, 4) is 0 Å². The number of piperazine rings is 1. The third kappa shape index (κ3) is 5.07. The molecule has 1 heterocycles. The van der Waals surface area contributed by atoms with E-state index in [1.54, 1.807) is 17.0 Å². The van der Waals surface area contributed by atoms with Crippen LogP contribution in [0.5, 0.6) is 0 Å². The molecule has 1 aliphatic heterocycles. The zero-order chi connectivity index (χ0) is 22.0. The number of nitrogens with zero attached hydrogens (tertiary/aromatic N) is 2. The number of hydrogen-bond acceptors (Lipinski definition) is 2. The number of carbonyl (C=O) groups is 2. The fourth-order valence-corrected chi connectivity index (χ4v) is 4.99. The Morgan fingerprint density at radius 1 is 0.871 bits per heavy atom. The zero-order valence-corrected chi connectivity index (χ0v) is 19.3. The second kappa shape index (κ2) is 9.62. The lowest BCUT2D eigenvalue weighted by molar-refractivity contribution is -0.159. The summed E-state index contributed by atoms with van der Waals surface area (Å²) in [5, 5.41) is 1.30. The van der Waals surface area contributed by atoms with Gasteiger partial charge in [0.2, 0.25) is 5.91 Å². The third-order valence-electron chi connectivity index (χ3n) is 6.62. The second-order valence-corrected chi connectivity index (χ2v) is 9.67. The van der Waals surface area contributed by atoms with E-state index in [4.69, 9.17) is 23.2 Å². The first kappa shape index (κ1) is 22.2. The molecule has 1 atom stereocenters. The van der Waals surface area contributed by atoms with Gasteiger partial charge in [-0.05, 0) is 73.4 Å². The maximum absolute atomic E-state index is 13.7. The maximum atomic E-state index is 13.7. The standard InChI is InChI=1S/C25H28Cl2N2O2/c1-17-2-12-22(13-3-17)29-16-23(30)28(15-14-18-4-8-20(26)9-5-18)24(25(29)31)19-6-10-21(27)11-7-19/h4-11,17,22,24H,2-3,12-16H2,1H3. The first-order valence-electron chi connectivity index (χ1n) is 11.0. The molecule has 2 fully saturated rings. The molecule has 1 saturated carbocycles. The van der Waals surface area contributed by atoms with Gasteiger partial charge in [-0.2, -0.15) is 0 Å². The number of hydrogen-bond donors (Lipinski definition) is 0. The molecule has 0 bridgehead atoms. The quantitative estimate of drug-likeness (QED) is 0.590. The van der Waals surface area contributed by atoms with E-state index < -0.39 is 6.04 Å². The van der Waals surface area contributed by atoms with E-state index in [-0.39, 0.29) is 24.4 Å². The largest absolute Gasteiger partial charge is 0.328 e. The highest BCUT2D eigenvalue weighted by Gasteiger charge is 2.43. The van der Waals surface area contributed by atoms with Gasteiger partial charge >= 0.3 is 0 Å². The average molecular weight is 459 g/mol. The minimum absolute atomic E-state index is 0.00661. The van der Waals surface area contributed by atoms with Crippen molar-refractivity contribution in [2.45, 2.75) is 51.1 Å². The van der Waals surface area contributed by atoms with Gasteiger partial charge in [0.25, 0.3) is 5.91 Å². The van der Waals surface area contributed by atoms with Crippen LogP contribution >= 0.6 is 23.2 Å². The molecule has 31 heavy (non-hydrogen) atoms. The Hall–Kier alpha value is -2.04. The minimum atomic E-state index is -0.606. The van der Waals surface area contributed by atoms with Crippen LogP contribution in [0.15, 0.2) is 48.5 Å². The van der Waals surface area contributed by atoms with Gasteiger partial charge in [0.15, 0.2) is 0 Å². The van der Waals surface area contributed by atoms with Crippen LogP contribution < -0.4 is 0 Å². The van der Waals surface area contributed by atoms with E-state index >= 15 is 0 Å². The van der Waals surface area contributed by atoms with Gasteiger partial charge in [-0.25, -0.2) is 0 Å². The molecule has 4 rings (SSSR count). The van der Waals surface area contributed by atoms with Crippen LogP contribution in [0.25, 0.3) is 0 Å². The summed E-state index contributed by atoms with van der Waals surface area (Å²) in [5.41, 5.74) is 1.90. The SMILES string of the molecule is CC1CCC(N2CC(=O)N(CCc3ccc(Cl)cc3)C(c3ccc(Cl)cc3)C2=O)CC1. The Labute approximate surface area is 194 Å². The van der Waals surface area contributed by atoms with Gasteiger partial charge < -0.3 is 9.80 Å². The summed E-state index contributed by atoms with van der Waals surface area (Å²) in [6, 6.07) is 14.5. The number of carbonyl (C=O) groups excluding carboxylic acids is 2. The molecule has 2 aromatic carbocycles. The van der Waals surface area contributed by atoms with Crippen LogP contribution in [-0.2, 0) is 16.0 Å². The van der Waals surface area contributed by atoms with Crippen LogP contribution in [0.1, 0.15) is 49.8 Å². The molecule has 6 heteroatoms. The van der Waals surface area contributed by atoms with E-state index in [0.29, 0.717) is 28.9 Å². The molecule has 1 aliphatic carbocycles. The van der Waals surface area contributed by atoms with Gasteiger partial charge in [0, 0.05) is 22.6 Å². The molecule has 2 amide bonds. The predicted octanol–water partition coefficient (Wildman–Crippen LogP) is 5.53. The Bertz CT molecular complexity index is 922. The topological polar surface area (TPSA) is 40.6 Å². The summed E-state index contributed by atoms with van der Waals surface area (Å²) < 4.78 is 0. The molecular weight excluding hydrogens is 431 g/mol. The van der Waals surface area contributed by atoms with E-state index in [0.717, 1.165) is 36.8 Å². The lowest BCUT2D eigenvalue weighted by Crippen LogP contribution is -2.59. The predicted molar refractivity (Wildman–Crippen MR) is 124 cm³/mol. The van der Waals surface area contributed by atoms with E-state index in [9.17, 15) is 9.59 Å². The smallest absolute Gasteiger partial charge is 0.250 e. The molecule has 0 aromatic heterocycles. The van der Waals surface area contributed by atoms with Gasteiger partial charge in [-0.3, -0.25) is 9.59 Å². The Morgan fingerprint density at radius 3 is 2.06 bits per heavy atom. The van der Waals surface area contributed by atoms with Gasteiger partial charge in [0.1, 0.15) is 12.6 Å². The highest BCUT2D eigenvalue weighted by Crippen LogP contribution is 2.34. The van der Waals surface area contributed by atoms with Gasteiger partial charge in [0.05, 0.1) is 0 Å². The Morgan fingerprint density at radius 2 is 1.45 bits per heavy atom. The Balaban J connectivity index is 1.58. The van der Waals surface area contributed by atoms with Crippen molar-refractivity contribution in [2.24, 2.45) is 5.92 Å². The third-order valence-corrected chi connectivity index (χ3v) is 7.13. The second-order valence-electron chi connectivity index (χ2n) is 8.80. The molecule has 4 nitrogen and oxygen atoms in total. The highest BCUT2D eigenvalue weighted by molar-refractivity contribution is 6.30. The summed E-state index contributed by atoms with van der Waals surface area (Å²) in [6.45, 7) is 2.91. The van der Waals surface area contributed by atoms with Crippen LogP contribution in [0.3, 0.4) is 0 Å². The number of amides is 2. The van der Waals surface area contributed by atoms with Crippen molar-refractivity contribution >= 4 is 35.0 Å². The molecule has 0 radical (unpaired) electrons. The van der Waals surface area contributed by atoms with Crippen molar-refractivity contribution in [3.63, 3.8) is 0 Å². The Kier molecular flexibility index (Phi) is 6.88. The minimum Gasteiger partial charge on any atom is -0.328 e. The van der Waals surface area contributed by atoms with Crippen molar-refractivity contribution in [2.75, 3.05) is 13.1 Å². The van der Waals surface area contributed by atoms with Crippen LogP contribution in [0, 0.1) is 5.92 Å². The van der Waals surface area contributed by atoms with Crippen molar-refractivity contribution in [1.29, 1.82) is 0 Å². The summed E-state index contributed by atoms with van der Waals surface area (Å²) in [7, 11) is 0. The summed E-state index contributed by atoms with van der Waals surface area (Å²) in [5.74, 6) is 0.722. The van der Waals surface area contributed by atoms with E-state index in [1.807, 2.05) is 41.3 Å². The van der Waals surface area contributed by atoms with Gasteiger partial charge in [-0.15, -0.1) is 0 Å². The van der Waals surface area contributed by atoms with Crippen LogP contribution in [0.2, 0.25) is 10.0 Å². The molecule has 1 unspecified atom stereocenters. The fourth-order valence-electron chi connectivity index (χ4n) is 4.73. The van der Waals surface area contributed by atoms with Crippen LogP contribution in [0.4, 0.5) is 0 Å². The van der Waals surface area contributed by atoms with Crippen molar-refractivity contribution in [1.82, 2.24) is 9.80 Å². The lowest BCUT2D eigenvalue weighted by Gasteiger charge is -2.45. The number of rotatable bonds is 5. The number of halogens is 2. The van der Waals surface area contributed by atoms with E-state index in [2.05, 4.69) is 6.92 Å². The first-order chi connectivity index (χ1) is 14.9. The van der Waals surface area contributed by atoms with Crippen LogP contribution in [-0.4, -0.2) is 40.7 Å². The lowest BCUT2D eigenvalue weighted by atomic mass is 9.85. The van der Waals surface area contributed by atoms with Crippen molar-refractivity contribution in [3.05, 3.63) is 69.7 Å². The number of benzene rings is 2. The zero-order valence-electron chi connectivity index (χ0n) is 17.8. The van der Waals surface area contributed by atoms with Gasteiger partial charge in [-0.1, -0.05) is 54.4 Å². The monoisotopic (exact) mass is 458 g/mol. The maximum Gasteiger partial charge on any atom is 0.250 e. The summed E-state index contributed by atoms with van der Waals surface area (Å²) in [6.07, 6.45) is 4.82. The molecule has 0 spiro atoms. The molecule has 0 N–H and O–H groups in total. The molecular formula is C25H28Cl2N2O2. The van der Waals surface area contributed by atoms with Crippen molar-refractivity contribution < 1.29 is 9.59 Å². The first-order valence-corrected chi connectivity index (χ1v) is 11.8. The van der Waals surface area contributed by atoms with E-state index in [1.165, 1.54) is 0 Å². The summed E-state index contributed by atoms with van der Waals surface area (Å²) in [4.78, 5) is 30.5.